The lowest BCUT2D eigenvalue weighted by atomic mass is 9.71. The van der Waals surface area contributed by atoms with E-state index in [0.29, 0.717) is 10.8 Å². The van der Waals surface area contributed by atoms with Gasteiger partial charge in [-0.05, 0) is 29.6 Å². The molecule has 0 amide bonds. The van der Waals surface area contributed by atoms with Gasteiger partial charge >= 0.3 is 0 Å². The average Bonchev–Trinajstić information content (AvgIpc) is 2.01. The van der Waals surface area contributed by atoms with Gasteiger partial charge in [-0.15, -0.1) is 0 Å². The van der Waals surface area contributed by atoms with Crippen molar-refractivity contribution in [3.05, 3.63) is 0 Å². The molecule has 0 N–H and O–H groups in total. The molecule has 0 spiro atoms. The highest BCUT2D eigenvalue weighted by Gasteiger charge is 2.26. The zero-order chi connectivity index (χ0) is 12.1. The first-order valence-electron chi connectivity index (χ1n) is 6.68. The molecule has 0 aromatic heterocycles. The largest absolute Gasteiger partial charge is 0.0649 e. The first-order chi connectivity index (χ1) is 6.68. The lowest BCUT2D eigenvalue weighted by molar-refractivity contribution is 0.172. The van der Waals surface area contributed by atoms with Crippen LogP contribution in [0.5, 0.6) is 0 Å². The van der Waals surface area contributed by atoms with Crippen LogP contribution in [-0.2, 0) is 0 Å². The van der Waals surface area contributed by atoms with E-state index in [1.54, 1.807) is 0 Å². The quantitative estimate of drug-likeness (QED) is 0.510. The van der Waals surface area contributed by atoms with Crippen molar-refractivity contribution in [3.63, 3.8) is 0 Å². The summed E-state index contributed by atoms with van der Waals surface area (Å²) in [5.41, 5.74) is 1.04. The van der Waals surface area contributed by atoms with Crippen molar-refractivity contribution >= 4 is 0 Å². The number of hydrogen-bond acceptors (Lipinski definition) is 0. The molecule has 0 aliphatic carbocycles. The minimum absolute atomic E-state index is 0.515. The molecule has 92 valence electrons. The zero-order valence-corrected chi connectivity index (χ0v) is 12.1. The Morgan fingerprint density at radius 2 is 1.47 bits per heavy atom. The van der Waals surface area contributed by atoms with Gasteiger partial charge < -0.3 is 0 Å². The Morgan fingerprint density at radius 1 is 0.933 bits per heavy atom. The maximum atomic E-state index is 2.44. The summed E-state index contributed by atoms with van der Waals surface area (Å²) in [7, 11) is 0. The zero-order valence-electron chi connectivity index (χ0n) is 12.1. The molecule has 0 heterocycles. The van der Waals surface area contributed by atoms with Crippen LogP contribution in [0.3, 0.4) is 0 Å². The van der Waals surface area contributed by atoms with Crippen LogP contribution < -0.4 is 0 Å². The summed E-state index contributed by atoms with van der Waals surface area (Å²) in [6, 6.07) is 0. The predicted molar refractivity (Wildman–Crippen MR) is 71.2 cm³/mol. The average molecular weight is 212 g/mol. The topological polar surface area (TPSA) is 0 Å². The van der Waals surface area contributed by atoms with E-state index in [9.17, 15) is 0 Å². The Bertz CT molecular complexity index is 163. The molecule has 0 aliphatic heterocycles. The van der Waals surface area contributed by atoms with Gasteiger partial charge in [0, 0.05) is 0 Å². The summed E-state index contributed by atoms with van der Waals surface area (Å²) in [5, 5.41) is 0. The minimum atomic E-state index is 0.515. The number of hydrogen-bond donors (Lipinski definition) is 0. The Kier molecular flexibility index (Phi) is 5.92. The molecule has 0 saturated heterocycles. The van der Waals surface area contributed by atoms with Crippen molar-refractivity contribution in [2.45, 2.75) is 80.6 Å². The van der Waals surface area contributed by atoms with Crippen molar-refractivity contribution in [1.82, 2.24) is 0 Å². The molecule has 0 aromatic rings. The van der Waals surface area contributed by atoms with E-state index < -0.39 is 0 Å². The normalized spacial score (nSPS) is 13.6. The van der Waals surface area contributed by atoms with Crippen molar-refractivity contribution in [3.8, 4) is 0 Å². The molecule has 0 aliphatic rings. The predicted octanol–water partition coefficient (Wildman–Crippen LogP) is 5.67. The van der Waals surface area contributed by atoms with E-state index in [1.165, 1.54) is 32.1 Å². The van der Waals surface area contributed by atoms with Crippen molar-refractivity contribution in [2.24, 2.45) is 16.7 Å². The Hall–Kier alpha value is 0. The maximum Gasteiger partial charge on any atom is -0.0349 e. The van der Waals surface area contributed by atoms with E-state index >= 15 is 0 Å². The summed E-state index contributed by atoms with van der Waals surface area (Å²) < 4.78 is 0. The summed E-state index contributed by atoms with van der Waals surface area (Å²) >= 11 is 0. The van der Waals surface area contributed by atoms with Gasteiger partial charge in [0.2, 0.25) is 0 Å². The van der Waals surface area contributed by atoms with Gasteiger partial charge in [0.05, 0.1) is 0 Å². The van der Waals surface area contributed by atoms with E-state index in [2.05, 4.69) is 48.5 Å². The van der Waals surface area contributed by atoms with Gasteiger partial charge in [-0.2, -0.15) is 0 Å². The fraction of sp³-hybridized carbons (Fsp3) is 1.00. The second-order valence-corrected chi connectivity index (χ2v) is 7.14. The molecule has 0 radical (unpaired) electrons. The molecule has 0 nitrogen and oxygen atoms in total. The molecule has 0 rings (SSSR count). The van der Waals surface area contributed by atoms with E-state index in [1.807, 2.05) is 0 Å². The second kappa shape index (κ2) is 5.92. The summed E-state index contributed by atoms with van der Waals surface area (Å²) in [6.07, 6.45) is 6.81. The van der Waals surface area contributed by atoms with Crippen LogP contribution in [0.4, 0.5) is 0 Å². The fourth-order valence-corrected chi connectivity index (χ4v) is 2.50. The molecular weight excluding hydrogens is 180 g/mol. The van der Waals surface area contributed by atoms with Crippen LogP contribution in [0.25, 0.3) is 0 Å². The third kappa shape index (κ3) is 7.88. The van der Waals surface area contributed by atoms with E-state index in [4.69, 9.17) is 0 Å². The Morgan fingerprint density at radius 3 is 1.87 bits per heavy atom. The van der Waals surface area contributed by atoms with Crippen LogP contribution in [0.2, 0.25) is 0 Å². The molecule has 0 atom stereocenters. The monoisotopic (exact) mass is 212 g/mol. The summed E-state index contributed by atoms with van der Waals surface area (Å²) in [4.78, 5) is 0. The minimum Gasteiger partial charge on any atom is -0.0649 e. The first kappa shape index (κ1) is 15.0. The molecule has 0 bridgehead atoms. The smallest absolute Gasteiger partial charge is 0.0349 e. The molecule has 15 heavy (non-hydrogen) atoms. The Labute approximate surface area is 97.8 Å². The van der Waals surface area contributed by atoms with Gasteiger partial charge in [-0.25, -0.2) is 0 Å². The fourth-order valence-electron chi connectivity index (χ4n) is 2.50. The lowest BCUT2D eigenvalue weighted by Crippen LogP contribution is -2.22. The highest BCUT2D eigenvalue weighted by atomic mass is 14.3. The van der Waals surface area contributed by atoms with Crippen molar-refractivity contribution in [1.29, 1.82) is 0 Å². The summed E-state index contributed by atoms with van der Waals surface area (Å²) in [6.45, 7) is 16.6. The standard InChI is InChI=1S/C15H32/c1-8-14(4,5)12-15(6,7)11-9-10-13(2)3/h13H,8-12H2,1-7H3. The molecule has 0 aromatic carbocycles. The highest BCUT2D eigenvalue weighted by Crippen LogP contribution is 2.39. The van der Waals surface area contributed by atoms with Gasteiger partial charge in [0.25, 0.3) is 0 Å². The molecular formula is C15H32. The SMILES string of the molecule is CCC(C)(C)CC(C)(C)CCCC(C)C. The second-order valence-electron chi connectivity index (χ2n) is 7.14. The van der Waals surface area contributed by atoms with Crippen LogP contribution in [-0.4, -0.2) is 0 Å². The van der Waals surface area contributed by atoms with Gasteiger partial charge in [0.15, 0.2) is 0 Å². The maximum absolute atomic E-state index is 2.44. The van der Waals surface area contributed by atoms with Gasteiger partial charge in [0.1, 0.15) is 0 Å². The number of rotatable bonds is 7. The molecule has 0 unspecified atom stereocenters. The molecule has 0 heteroatoms. The van der Waals surface area contributed by atoms with Crippen LogP contribution in [0.15, 0.2) is 0 Å². The first-order valence-corrected chi connectivity index (χ1v) is 6.68. The van der Waals surface area contributed by atoms with Crippen molar-refractivity contribution < 1.29 is 0 Å². The van der Waals surface area contributed by atoms with E-state index in [0.717, 1.165) is 5.92 Å². The van der Waals surface area contributed by atoms with Gasteiger partial charge in [-0.1, -0.05) is 67.7 Å². The van der Waals surface area contributed by atoms with E-state index in [-0.39, 0.29) is 0 Å². The van der Waals surface area contributed by atoms with Crippen LogP contribution in [0.1, 0.15) is 80.6 Å². The lowest BCUT2D eigenvalue weighted by Gasteiger charge is -2.34. The third-order valence-electron chi connectivity index (χ3n) is 3.55. The summed E-state index contributed by atoms with van der Waals surface area (Å²) in [5.74, 6) is 0.861. The van der Waals surface area contributed by atoms with Crippen LogP contribution >= 0.6 is 0 Å². The van der Waals surface area contributed by atoms with Gasteiger partial charge in [-0.3, -0.25) is 0 Å². The van der Waals surface area contributed by atoms with Crippen LogP contribution in [0, 0.1) is 16.7 Å². The van der Waals surface area contributed by atoms with Crippen molar-refractivity contribution in [2.75, 3.05) is 0 Å². The molecule has 0 saturated carbocycles. The molecule has 0 fully saturated rings. The highest BCUT2D eigenvalue weighted by molar-refractivity contribution is 4.78. The third-order valence-corrected chi connectivity index (χ3v) is 3.55. The Balaban J connectivity index is 3.96.